The van der Waals surface area contributed by atoms with Crippen LogP contribution in [-0.2, 0) is 12.0 Å². The van der Waals surface area contributed by atoms with E-state index in [1.807, 2.05) is 62.6 Å². The van der Waals surface area contributed by atoms with E-state index in [1.165, 1.54) is 11.8 Å². The summed E-state index contributed by atoms with van der Waals surface area (Å²) in [7, 11) is 3.30. The Bertz CT molecular complexity index is 1510. The third kappa shape index (κ3) is 4.45. The smallest absolute Gasteiger partial charge is 0.231 e. The minimum atomic E-state index is -0.949. The molecule has 9 nitrogen and oxygen atoms in total. The van der Waals surface area contributed by atoms with Crippen molar-refractivity contribution >= 4 is 40.4 Å². The number of fused-ring (bicyclic) bond motifs is 2. The molecule has 4 aromatic rings. The van der Waals surface area contributed by atoms with Gasteiger partial charge in [-0.1, -0.05) is 17.8 Å². The number of methoxy groups -OCH3 is 2. The second-order valence-electron chi connectivity index (χ2n) is 8.67. The lowest BCUT2D eigenvalue weighted by Gasteiger charge is -2.29. The quantitative estimate of drug-likeness (QED) is 0.369. The molecule has 0 saturated carbocycles. The molecule has 10 heteroatoms. The Labute approximate surface area is 213 Å². The Balaban J connectivity index is 1.52. The van der Waals surface area contributed by atoms with Crippen LogP contribution in [0.2, 0.25) is 0 Å². The summed E-state index contributed by atoms with van der Waals surface area (Å²) in [6, 6.07) is 9.67. The molecule has 1 unspecified atom stereocenters. The number of rotatable bonds is 6. The molecule has 1 aliphatic rings. The second kappa shape index (κ2) is 9.36. The van der Waals surface area contributed by atoms with Crippen molar-refractivity contribution in [3.8, 4) is 11.5 Å². The first-order valence-electron chi connectivity index (χ1n) is 11.4. The maximum atomic E-state index is 6.88. The molecule has 1 aromatic carbocycles. The molecule has 0 radical (unpaired) electrons. The molecule has 36 heavy (non-hydrogen) atoms. The van der Waals surface area contributed by atoms with Crippen molar-refractivity contribution in [3.05, 3.63) is 64.9 Å². The largest absolute Gasteiger partial charge is 0.496 e. The van der Waals surface area contributed by atoms with E-state index in [9.17, 15) is 0 Å². The van der Waals surface area contributed by atoms with Crippen molar-refractivity contribution in [2.45, 2.75) is 31.0 Å². The SMILES string of the molecule is COc1cc(C)nc2c1CC(N)(c1nc(Nc3ccc4nc(C)cc(OC)c4c3)nc(SC)n1)C=C2. The third-order valence-corrected chi connectivity index (χ3v) is 6.61. The van der Waals surface area contributed by atoms with Crippen molar-refractivity contribution in [2.24, 2.45) is 5.73 Å². The zero-order chi connectivity index (χ0) is 25.4. The Morgan fingerprint density at radius 2 is 1.69 bits per heavy atom. The zero-order valence-electron chi connectivity index (χ0n) is 20.8. The Morgan fingerprint density at radius 3 is 2.44 bits per heavy atom. The van der Waals surface area contributed by atoms with Crippen molar-refractivity contribution in [1.82, 2.24) is 24.9 Å². The summed E-state index contributed by atoms with van der Waals surface area (Å²) in [5.41, 5.74) is 11.1. The molecular formula is C26H27N7O2S. The van der Waals surface area contributed by atoms with Crippen LogP contribution in [0.1, 0.15) is 28.5 Å². The average Bonchev–Trinajstić information content (AvgIpc) is 2.88. The standard InChI is InChI=1S/C26H27N7O2S/c1-14-10-21(34-3)17-12-16(6-7-19(17)28-14)30-24-31-23(32-25(33-24)36-5)26(27)9-8-20-18(13-26)22(35-4)11-15(2)29-20/h6-12H,13,27H2,1-5H3,(H,30,31,32,33). The molecule has 0 fully saturated rings. The molecule has 0 amide bonds. The highest BCUT2D eigenvalue weighted by atomic mass is 32.2. The predicted molar refractivity (Wildman–Crippen MR) is 142 cm³/mol. The molecule has 184 valence electrons. The van der Waals surface area contributed by atoms with Gasteiger partial charge in [0.25, 0.3) is 0 Å². The van der Waals surface area contributed by atoms with Crippen LogP contribution in [0.4, 0.5) is 11.6 Å². The minimum Gasteiger partial charge on any atom is -0.496 e. The van der Waals surface area contributed by atoms with Crippen LogP contribution < -0.4 is 20.5 Å². The monoisotopic (exact) mass is 501 g/mol. The highest BCUT2D eigenvalue weighted by Gasteiger charge is 2.34. The average molecular weight is 502 g/mol. The number of benzene rings is 1. The van der Waals surface area contributed by atoms with Gasteiger partial charge in [-0.3, -0.25) is 9.97 Å². The number of nitrogens with one attached hydrogen (secondary N) is 1. The van der Waals surface area contributed by atoms with Crippen LogP contribution >= 0.6 is 11.8 Å². The van der Waals surface area contributed by atoms with Crippen LogP contribution in [0.3, 0.4) is 0 Å². The van der Waals surface area contributed by atoms with Gasteiger partial charge < -0.3 is 20.5 Å². The van der Waals surface area contributed by atoms with Crippen molar-refractivity contribution in [3.63, 3.8) is 0 Å². The van der Waals surface area contributed by atoms with E-state index in [4.69, 9.17) is 20.2 Å². The van der Waals surface area contributed by atoms with Crippen molar-refractivity contribution < 1.29 is 9.47 Å². The fourth-order valence-electron chi connectivity index (χ4n) is 4.33. The fraction of sp³-hybridized carbons (Fsp3) is 0.269. The third-order valence-electron chi connectivity index (χ3n) is 6.06. The number of aromatic nitrogens is 5. The van der Waals surface area contributed by atoms with Crippen LogP contribution in [0.5, 0.6) is 11.5 Å². The van der Waals surface area contributed by atoms with E-state index in [1.54, 1.807) is 14.2 Å². The summed E-state index contributed by atoms with van der Waals surface area (Å²) in [5.74, 6) is 2.38. The van der Waals surface area contributed by atoms with Gasteiger partial charge in [-0.15, -0.1) is 0 Å². The molecule has 0 aliphatic heterocycles. The van der Waals surface area contributed by atoms with E-state index in [-0.39, 0.29) is 0 Å². The van der Waals surface area contributed by atoms with Crippen LogP contribution in [0.25, 0.3) is 17.0 Å². The first-order valence-corrected chi connectivity index (χ1v) is 12.6. The number of hydrogen-bond donors (Lipinski definition) is 2. The van der Waals surface area contributed by atoms with Gasteiger partial charge in [0, 0.05) is 46.6 Å². The molecule has 0 saturated heterocycles. The molecule has 3 N–H and O–H groups in total. The molecule has 1 atom stereocenters. The fourth-order valence-corrected chi connectivity index (χ4v) is 4.69. The Morgan fingerprint density at radius 1 is 0.944 bits per heavy atom. The molecule has 5 rings (SSSR count). The Kier molecular flexibility index (Phi) is 6.23. The highest BCUT2D eigenvalue weighted by molar-refractivity contribution is 7.98. The number of nitrogens with two attached hydrogens (primary N) is 1. The zero-order valence-corrected chi connectivity index (χ0v) is 21.6. The topological polar surface area (TPSA) is 121 Å². The number of hydrogen-bond acceptors (Lipinski definition) is 10. The lowest BCUT2D eigenvalue weighted by atomic mass is 9.84. The van der Waals surface area contributed by atoms with E-state index in [2.05, 4.69) is 25.3 Å². The highest BCUT2D eigenvalue weighted by Crippen LogP contribution is 2.36. The number of aryl methyl sites for hydroxylation is 2. The normalized spacial score (nSPS) is 16.6. The minimum absolute atomic E-state index is 0.403. The molecule has 0 bridgehead atoms. The van der Waals surface area contributed by atoms with Gasteiger partial charge in [-0.25, -0.2) is 4.98 Å². The van der Waals surface area contributed by atoms with Gasteiger partial charge in [0.2, 0.25) is 5.95 Å². The maximum absolute atomic E-state index is 6.88. The molecule has 0 spiro atoms. The van der Waals surface area contributed by atoms with Crippen LogP contribution in [-0.4, -0.2) is 45.4 Å². The lowest BCUT2D eigenvalue weighted by Crippen LogP contribution is -2.41. The second-order valence-corrected chi connectivity index (χ2v) is 9.45. The van der Waals surface area contributed by atoms with Gasteiger partial charge in [-0.2, -0.15) is 9.97 Å². The molecular weight excluding hydrogens is 474 g/mol. The van der Waals surface area contributed by atoms with Crippen molar-refractivity contribution in [2.75, 3.05) is 25.8 Å². The van der Waals surface area contributed by atoms with Crippen LogP contribution in [0, 0.1) is 13.8 Å². The summed E-state index contributed by atoms with van der Waals surface area (Å²) >= 11 is 1.43. The van der Waals surface area contributed by atoms with Gasteiger partial charge in [-0.05, 0) is 44.4 Å². The van der Waals surface area contributed by atoms with Gasteiger partial charge in [0.05, 0.1) is 31.0 Å². The van der Waals surface area contributed by atoms with Gasteiger partial charge in [0.15, 0.2) is 11.0 Å². The maximum Gasteiger partial charge on any atom is 0.231 e. The summed E-state index contributed by atoms with van der Waals surface area (Å²) in [6.45, 7) is 3.88. The first kappa shape index (κ1) is 24.0. The number of thioether (sulfide) groups is 1. The van der Waals surface area contributed by atoms with E-state index in [0.29, 0.717) is 23.4 Å². The Hall–Kier alpha value is -3.76. The van der Waals surface area contributed by atoms with Gasteiger partial charge in [0.1, 0.15) is 11.5 Å². The van der Waals surface area contributed by atoms with E-state index in [0.717, 1.165) is 50.7 Å². The number of pyridine rings is 2. The number of ether oxygens (including phenoxy) is 2. The lowest BCUT2D eigenvalue weighted by molar-refractivity contribution is 0.399. The van der Waals surface area contributed by atoms with Gasteiger partial charge >= 0.3 is 0 Å². The summed E-state index contributed by atoms with van der Waals surface area (Å²) in [4.78, 5) is 23.2. The molecule has 3 aromatic heterocycles. The number of anilines is 2. The van der Waals surface area contributed by atoms with E-state index >= 15 is 0 Å². The summed E-state index contributed by atoms with van der Waals surface area (Å²) in [5, 5.41) is 4.77. The van der Waals surface area contributed by atoms with Crippen LogP contribution in [0.15, 0.2) is 41.6 Å². The summed E-state index contributed by atoms with van der Waals surface area (Å²) < 4.78 is 11.2. The number of nitrogens with zero attached hydrogens (tertiary/aromatic N) is 5. The van der Waals surface area contributed by atoms with E-state index < -0.39 is 5.54 Å². The predicted octanol–water partition coefficient (Wildman–Crippen LogP) is 4.34. The summed E-state index contributed by atoms with van der Waals surface area (Å²) in [6.07, 6.45) is 6.18. The first-order chi connectivity index (χ1) is 17.3. The van der Waals surface area contributed by atoms with Crippen molar-refractivity contribution in [1.29, 1.82) is 0 Å². The molecule has 3 heterocycles. The molecule has 1 aliphatic carbocycles.